The Morgan fingerprint density at radius 2 is 2.13 bits per heavy atom. The van der Waals surface area contributed by atoms with Gasteiger partial charge in [0, 0.05) is 48.9 Å². The second-order valence-corrected chi connectivity index (χ2v) is 8.15. The average Bonchev–Trinajstić information content (AvgIpc) is 3.16. The zero-order valence-electron chi connectivity index (χ0n) is 13.7. The highest BCUT2D eigenvalue weighted by atomic mass is 32.1. The van der Waals surface area contributed by atoms with Gasteiger partial charge in [-0.05, 0) is 17.9 Å². The van der Waals surface area contributed by atoms with Crippen molar-refractivity contribution in [3.05, 3.63) is 38.5 Å². The number of carbonyl (C=O) groups excluding carboxylic acids is 1. The number of carbonyl (C=O) groups is 1. The summed E-state index contributed by atoms with van der Waals surface area (Å²) in [5.74, 6) is 0.470. The van der Waals surface area contributed by atoms with Crippen molar-refractivity contribution in [2.45, 2.75) is 32.7 Å². The molecule has 4 nitrogen and oxygen atoms in total. The lowest BCUT2D eigenvalue weighted by Gasteiger charge is -2.21. The number of rotatable bonds is 4. The molecule has 0 N–H and O–H groups in total. The summed E-state index contributed by atoms with van der Waals surface area (Å²) in [7, 11) is 0. The van der Waals surface area contributed by atoms with Crippen LogP contribution in [0.25, 0.3) is 0 Å². The van der Waals surface area contributed by atoms with Gasteiger partial charge in [-0.2, -0.15) is 0 Å². The van der Waals surface area contributed by atoms with Crippen LogP contribution < -0.4 is 0 Å². The number of hydrogen-bond donors (Lipinski definition) is 0. The van der Waals surface area contributed by atoms with Crippen molar-refractivity contribution in [1.82, 2.24) is 14.8 Å². The minimum Gasteiger partial charge on any atom is -0.336 e. The van der Waals surface area contributed by atoms with Crippen molar-refractivity contribution in [2.24, 2.45) is 0 Å². The second-order valence-electron chi connectivity index (χ2n) is 6.23. The highest BCUT2D eigenvalue weighted by Gasteiger charge is 2.22. The lowest BCUT2D eigenvalue weighted by Crippen LogP contribution is -2.35. The van der Waals surface area contributed by atoms with Gasteiger partial charge >= 0.3 is 0 Å². The highest BCUT2D eigenvalue weighted by molar-refractivity contribution is 7.10. The van der Waals surface area contributed by atoms with Crippen LogP contribution in [-0.2, 0) is 6.54 Å². The van der Waals surface area contributed by atoms with E-state index in [1.54, 1.807) is 22.7 Å². The van der Waals surface area contributed by atoms with Crippen LogP contribution in [-0.4, -0.2) is 46.9 Å². The van der Waals surface area contributed by atoms with Gasteiger partial charge in [-0.1, -0.05) is 19.9 Å². The average molecular weight is 350 g/mol. The van der Waals surface area contributed by atoms with Crippen LogP contribution in [0.1, 0.15) is 46.6 Å². The molecule has 23 heavy (non-hydrogen) atoms. The molecule has 1 aliphatic rings. The van der Waals surface area contributed by atoms with Gasteiger partial charge in [-0.15, -0.1) is 22.7 Å². The summed E-state index contributed by atoms with van der Waals surface area (Å²) in [5.41, 5.74) is 0.616. The number of amides is 1. The van der Waals surface area contributed by atoms with Gasteiger partial charge in [0.2, 0.25) is 0 Å². The molecule has 3 heterocycles. The molecular weight excluding hydrogens is 326 g/mol. The first kappa shape index (κ1) is 16.6. The lowest BCUT2D eigenvalue weighted by atomic mass is 10.2. The largest absolute Gasteiger partial charge is 0.336 e. The van der Waals surface area contributed by atoms with Crippen LogP contribution in [0.15, 0.2) is 22.9 Å². The normalized spacial score (nSPS) is 16.7. The molecule has 0 aromatic carbocycles. The fourth-order valence-corrected chi connectivity index (χ4v) is 4.32. The first-order chi connectivity index (χ1) is 11.1. The SMILES string of the molecule is CC(C)c1nc(C(=O)N2CCCN(Cc3cccs3)CC2)cs1. The van der Waals surface area contributed by atoms with Gasteiger partial charge in [0.25, 0.3) is 5.91 Å². The Morgan fingerprint density at radius 3 is 2.83 bits per heavy atom. The quantitative estimate of drug-likeness (QED) is 0.845. The predicted molar refractivity (Wildman–Crippen MR) is 96.3 cm³/mol. The standard InChI is InChI=1S/C17H23N3OS2/c1-13(2)16-18-15(12-23-16)17(21)20-7-4-6-19(8-9-20)11-14-5-3-10-22-14/h3,5,10,12-13H,4,6-9,11H2,1-2H3. The van der Waals surface area contributed by atoms with E-state index in [9.17, 15) is 4.79 Å². The molecule has 0 radical (unpaired) electrons. The molecule has 2 aromatic rings. The van der Waals surface area contributed by atoms with E-state index in [0.29, 0.717) is 11.6 Å². The maximum atomic E-state index is 12.7. The fourth-order valence-electron chi connectivity index (χ4n) is 2.77. The van der Waals surface area contributed by atoms with E-state index in [1.165, 1.54) is 4.88 Å². The molecule has 1 saturated heterocycles. The van der Waals surface area contributed by atoms with Crippen molar-refractivity contribution >= 4 is 28.6 Å². The van der Waals surface area contributed by atoms with Crippen LogP contribution in [0.4, 0.5) is 0 Å². The molecule has 0 atom stereocenters. The van der Waals surface area contributed by atoms with Crippen LogP contribution >= 0.6 is 22.7 Å². The molecule has 3 rings (SSSR count). The van der Waals surface area contributed by atoms with Crippen molar-refractivity contribution in [3.8, 4) is 0 Å². The second kappa shape index (κ2) is 7.55. The van der Waals surface area contributed by atoms with Crippen molar-refractivity contribution < 1.29 is 4.79 Å². The Balaban J connectivity index is 1.59. The number of hydrogen-bond acceptors (Lipinski definition) is 5. The summed E-state index contributed by atoms with van der Waals surface area (Å²) in [5, 5.41) is 5.08. The van der Waals surface area contributed by atoms with Crippen LogP contribution in [0, 0.1) is 0 Å². The number of nitrogens with zero attached hydrogens (tertiary/aromatic N) is 3. The lowest BCUT2D eigenvalue weighted by molar-refractivity contribution is 0.0756. The van der Waals surface area contributed by atoms with E-state index in [1.807, 2.05) is 10.3 Å². The summed E-state index contributed by atoms with van der Waals surface area (Å²) in [6.07, 6.45) is 1.03. The van der Waals surface area contributed by atoms with Gasteiger partial charge < -0.3 is 4.90 Å². The van der Waals surface area contributed by atoms with E-state index < -0.39 is 0 Å². The Labute approximate surface area is 145 Å². The summed E-state index contributed by atoms with van der Waals surface area (Å²) < 4.78 is 0. The van der Waals surface area contributed by atoms with Crippen molar-refractivity contribution in [1.29, 1.82) is 0 Å². The maximum absolute atomic E-state index is 12.7. The predicted octanol–water partition coefficient (Wildman–Crippen LogP) is 3.68. The summed E-state index contributed by atoms with van der Waals surface area (Å²) in [6, 6.07) is 4.28. The summed E-state index contributed by atoms with van der Waals surface area (Å²) >= 11 is 3.39. The zero-order valence-corrected chi connectivity index (χ0v) is 15.3. The number of thiazole rings is 1. The Morgan fingerprint density at radius 1 is 1.26 bits per heavy atom. The van der Waals surface area contributed by atoms with Gasteiger partial charge in [-0.3, -0.25) is 9.69 Å². The first-order valence-corrected chi connectivity index (χ1v) is 9.89. The van der Waals surface area contributed by atoms with E-state index in [0.717, 1.165) is 44.2 Å². The highest BCUT2D eigenvalue weighted by Crippen LogP contribution is 2.21. The van der Waals surface area contributed by atoms with E-state index in [4.69, 9.17) is 0 Å². The molecule has 0 bridgehead atoms. The van der Waals surface area contributed by atoms with E-state index in [2.05, 4.69) is 41.2 Å². The molecule has 0 aliphatic carbocycles. The minimum atomic E-state index is 0.0890. The molecule has 0 unspecified atom stereocenters. The number of aromatic nitrogens is 1. The van der Waals surface area contributed by atoms with Crippen LogP contribution in [0.5, 0.6) is 0 Å². The molecule has 0 saturated carbocycles. The molecular formula is C17H23N3OS2. The van der Waals surface area contributed by atoms with Crippen molar-refractivity contribution in [2.75, 3.05) is 26.2 Å². The monoisotopic (exact) mass is 349 g/mol. The molecule has 6 heteroatoms. The molecule has 1 amide bonds. The smallest absolute Gasteiger partial charge is 0.273 e. The van der Waals surface area contributed by atoms with Gasteiger partial charge in [0.15, 0.2) is 0 Å². The Hall–Kier alpha value is -1.24. The molecule has 0 spiro atoms. The topological polar surface area (TPSA) is 36.4 Å². The third-order valence-electron chi connectivity index (χ3n) is 4.07. The molecule has 2 aromatic heterocycles. The summed E-state index contributed by atoms with van der Waals surface area (Å²) in [6.45, 7) is 8.82. The van der Waals surface area contributed by atoms with Gasteiger partial charge in [0.05, 0.1) is 5.01 Å². The Kier molecular flexibility index (Phi) is 5.46. The fraction of sp³-hybridized carbons (Fsp3) is 0.529. The summed E-state index contributed by atoms with van der Waals surface area (Å²) in [4.78, 5) is 23.0. The van der Waals surface area contributed by atoms with Crippen LogP contribution in [0.3, 0.4) is 0 Å². The first-order valence-electron chi connectivity index (χ1n) is 8.13. The van der Waals surface area contributed by atoms with Gasteiger partial charge in [-0.25, -0.2) is 4.98 Å². The molecule has 1 fully saturated rings. The Bertz CT molecular complexity index is 636. The van der Waals surface area contributed by atoms with E-state index in [-0.39, 0.29) is 5.91 Å². The van der Waals surface area contributed by atoms with E-state index >= 15 is 0 Å². The third-order valence-corrected chi connectivity index (χ3v) is 6.08. The maximum Gasteiger partial charge on any atom is 0.273 e. The molecule has 1 aliphatic heterocycles. The van der Waals surface area contributed by atoms with Crippen LogP contribution in [0.2, 0.25) is 0 Å². The number of thiophene rings is 1. The van der Waals surface area contributed by atoms with Crippen molar-refractivity contribution in [3.63, 3.8) is 0 Å². The third kappa shape index (κ3) is 4.19. The zero-order chi connectivity index (χ0) is 16.2. The van der Waals surface area contributed by atoms with Gasteiger partial charge in [0.1, 0.15) is 5.69 Å². The minimum absolute atomic E-state index is 0.0890. The molecule has 124 valence electrons.